The second-order valence-electron chi connectivity index (χ2n) is 5.06. The van der Waals surface area contributed by atoms with Crippen molar-refractivity contribution in [3.8, 4) is 0 Å². The zero-order chi connectivity index (χ0) is 16.2. The summed E-state index contributed by atoms with van der Waals surface area (Å²) in [5, 5.41) is 7.82. The topological polar surface area (TPSA) is 67.1 Å². The molecule has 0 aliphatic rings. The molecule has 0 bridgehead atoms. The Kier molecular flexibility index (Phi) is 4.21. The van der Waals surface area contributed by atoms with Crippen molar-refractivity contribution in [3.05, 3.63) is 66.7 Å². The number of fused-ring (bicyclic) bond motifs is 1. The van der Waals surface area contributed by atoms with E-state index in [2.05, 4.69) is 10.6 Å². The van der Waals surface area contributed by atoms with Crippen LogP contribution in [0.4, 0.5) is 17.1 Å². The lowest BCUT2D eigenvalue weighted by atomic mass is 10.1. The molecule has 3 rings (SSSR count). The Morgan fingerprint density at radius 1 is 0.870 bits per heavy atom. The number of hydrogen-bond acceptors (Lipinski definition) is 3. The number of thiocarbonyl (C=S) groups is 1. The highest BCUT2D eigenvalue weighted by Gasteiger charge is 2.11. The van der Waals surface area contributed by atoms with Crippen molar-refractivity contribution < 1.29 is 4.79 Å². The lowest BCUT2D eigenvalue weighted by Gasteiger charge is -2.11. The number of carbonyl (C=O) groups excluding carboxylic acids is 1. The van der Waals surface area contributed by atoms with Gasteiger partial charge in [-0.25, -0.2) is 0 Å². The van der Waals surface area contributed by atoms with E-state index in [1.54, 1.807) is 12.1 Å². The standard InChI is InChI=1S/C18H15N3OS/c19-15-7-3-4-8-16(15)21-18(23)17(22)20-14-10-9-12-5-1-2-6-13(12)11-14/h1-11H,19H2,(H,20,22)(H,21,23). The minimum absolute atomic E-state index is 0.0658. The molecular formula is C18H15N3OS. The highest BCUT2D eigenvalue weighted by molar-refractivity contribution is 7.82. The van der Waals surface area contributed by atoms with Gasteiger partial charge in [0.25, 0.3) is 5.91 Å². The average molecular weight is 321 g/mol. The molecule has 3 aromatic carbocycles. The molecule has 0 fully saturated rings. The van der Waals surface area contributed by atoms with Gasteiger partial charge < -0.3 is 16.4 Å². The van der Waals surface area contributed by atoms with Gasteiger partial charge in [-0.3, -0.25) is 4.79 Å². The van der Waals surface area contributed by atoms with Crippen LogP contribution in [0.15, 0.2) is 66.7 Å². The zero-order valence-electron chi connectivity index (χ0n) is 12.2. The highest BCUT2D eigenvalue weighted by Crippen LogP contribution is 2.20. The third-order valence-corrected chi connectivity index (χ3v) is 3.71. The first-order valence-corrected chi connectivity index (χ1v) is 7.50. The first-order valence-electron chi connectivity index (χ1n) is 7.09. The van der Waals surface area contributed by atoms with E-state index in [9.17, 15) is 4.79 Å². The van der Waals surface area contributed by atoms with Gasteiger partial charge in [-0.2, -0.15) is 0 Å². The van der Waals surface area contributed by atoms with Crippen molar-refractivity contribution in [3.63, 3.8) is 0 Å². The lowest BCUT2D eigenvalue weighted by Crippen LogP contribution is -2.27. The molecule has 0 spiro atoms. The van der Waals surface area contributed by atoms with E-state index in [1.807, 2.05) is 54.6 Å². The normalized spacial score (nSPS) is 10.3. The number of benzene rings is 3. The number of para-hydroxylation sites is 2. The van der Waals surface area contributed by atoms with E-state index < -0.39 is 0 Å². The van der Waals surface area contributed by atoms with Crippen molar-refractivity contribution in [1.82, 2.24) is 0 Å². The summed E-state index contributed by atoms with van der Waals surface area (Å²) in [6.07, 6.45) is 0. The molecular weight excluding hydrogens is 306 g/mol. The van der Waals surface area contributed by atoms with Crippen LogP contribution in [0, 0.1) is 0 Å². The maximum atomic E-state index is 12.2. The van der Waals surface area contributed by atoms with Gasteiger partial charge in [-0.1, -0.05) is 54.7 Å². The molecule has 0 aliphatic heterocycles. The minimum atomic E-state index is -0.376. The van der Waals surface area contributed by atoms with Crippen molar-refractivity contribution in [2.45, 2.75) is 0 Å². The number of amides is 1. The largest absolute Gasteiger partial charge is 0.397 e. The van der Waals surface area contributed by atoms with Crippen molar-refractivity contribution in [2.75, 3.05) is 16.4 Å². The second kappa shape index (κ2) is 6.46. The molecule has 0 saturated heterocycles. The summed E-state index contributed by atoms with van der Waals surface area (Å²) in [6.45, 7) is 0. The number of nitrogens with two attached hydrogens (primary N) is 1. The first kappa shape index (κ1) is 15.0. The lowest BCUT2D eigenvalue weighted by molar-refractivity contribution is -0.110. The van der Waals surface area contributed by atoms with Crippen LogP contribution < -0.4 is 16.4 Å². The van der Waals surface area contributed by atoms with Crippen LogP contribution in [-0.4, -0.2) is 10.9 Å². The Hall–Kier alpha value is -2.92. The summed E-state index contributed by atoms with van der Waals surface area (Å²) in [6, 6.07) is 20.8. The first-order chi connectivity index (χ1) is 11.1. The molecule has 3 aromatic rings. The average Bonchev–Trinajstić information content (AvgIpc) is 2.56. The van der Waals surface area contributed by atoms with E-state index in [1.165, 1.54) is 0 Å². The van der Waals surface area contributed by atoms with Gasteiger partial charge in [0, 0.05) is 5.69 Å². The van der Waals surface area contributed by atoms with Gasteiger partial charge >= 0.3 is 0 Å². The quantitative estimate of drug-likeness (QED) is 0.496. The zero-order valence-corrected chi connectivity index (χ0v) is 13.1. The van der Waals surface area contributed by atoms with Gasteiger partial charge in [0.05, 0.1) is 11.4 Å². The van der Waals surface area contributed by atoms with Gasteiger partial charge in [-0.05, 0) is 35.0 Å². The Morgan fingerprint density at radius 3 is 2.35 bits per heavy atom. The Labute approximate surface area is 139 Å². The fourth-order valence-corrected chi connectivity index (χ4v) is 2.41. The maximum Gasteiger partial charge on any atom is 0.283 e. The summed E-state index contributed by atoms with van der Waals surface area (Å²) >= 11 is 5.13. The van der Waals surface area contributed by atoms with Gasteiger partial charge in [-0.15, -0.1) is 0 Å². The molecule has 0 aliphatic carbocycles. The molecule has 4 nitrogen and oxygen atoms in total. The van der Waals surface area contributed by atoms with Crippen LogP contribution >= 0.6 is 12.2 Å². The molecule has 5 heteroatoms. The van der Waals surface area contributed by atoms with E-state index >= 15 is 0 Å². The molecule has 114 valence electrons. The number of hydrogen-bond donors (Lipinski definition) is 3. The molecule has 4 N–H and O–H groups in total. The number of nitrogens with one attached hydrogen (secondary N) is 2. The number of rotatable bonds is 2. The van der Waals surface area contributed by atoms with Crippen molar-refractivity contribution >= 4 is 50.9 Å². The van der Waals surface area contributed by atoms with Gasteiger partial charge in [0.2, 0.25) is 0 Å². The third kappa shape index (κ3) is 3.46. The van der Waals surface area contributed by atoms with Crippen molar-refractivity contribution in [2.24, 2.45) is 0 Å². The summed E-state index contributed by atoms with van der Waals surface area (Å²) in [5.41, 5.74) is 7.68. The summed E-state index contributed by atoms with van der Waals surface area (Å²) in [7, 11) is 0. The smallest absolute Gasteiger partial charge is 0.283 e. The molecule has 0 atom stereocenters. The second-order valence-corrected chi connectivity index (χ2v) is 5.47. The Morgan fingerprint density at radius 2 is 1.57 bits per heavy atom. The number of anilines is 3. The van der Waals surface area contributed by atoms with E-state index in [0.29, 0.717) is 17.1 Å². The fourth-order valence-electron chi connectivity index (χ4n) is 2.24. The molecule has 0 heterocycles. The summed E-state index contributed by atoms with van der Waals surface area (Å²) in [4.78, 5) is 12.3. The predicted octanol–water partition coefficient (Wildman–Crippen LogP) is 3.80. The molecule has 0 unspecified atom stereocenters. The molecule has 0 aromatic heterocycles. The number of nitrogen functional groups attached to an aromatic ring is 1. The SMILES string of the molecule is Nc1ccccc1NC(=S)C(=O)Nc1ccc2ccccc2c1. The minimum Gasteiger partial charge on any atom is -0.397 e. The van der Waals surface area contributed by atoms with Crippen LogP contribution in [0.5, 0.6) is 0 Å². The molecule has 0 saturated carbocycles. The molecule has 1 amide bonds. The highest BCUT2D eigenvalue weighted by atomic mass is 32.1. The molecule has 0 radical (unpaired) electrons. The van der Waals surface area contributed by atoms with Crippen LogP contribution in [-0.2, 0) is 4.79 Å². The van der Waals surface area contributed by atoms with Crippen LogP contribution in [0.25, 0.3) is 10.8 Å². The molecule has 23 heavy (non-hydrogen) atoms. The van der Waals surface area contributed by atoms with Crippen molar-refractivity contribution in [1.29, 1.82) is 0 Å². The maximum absolute atomic E-state index is 12.2. The fraction of sp³-hybridized carbons (Fsp3) is 0. The Balaban J connectivity index is 1.72. The van der Waals surface area contributed by atoms with E-state index in [4.69, 9.17) is 18.0 Å². The Bertz CT molecular complexity index is 892. The summed E-state index contributed by atoms with van der Waals surface area (Å²) < 4.78 is 0. The summed E-state index contributed by atoms with van der Waals surface area (Å²) in [5.74, 6) is -0.376. The van der Waals surface area contributed by atoms with Crippen LogP contribution in [0.2, 0.25) is 0 Å². The van der Waals surface area contributed by atoms with Crippen LogP contribution in [0.1, 0.15) is 0 Å². The van der Waals surface area contributed by atoms with Gasteiger partial charge in [0.1, 0.15) is 0 Å². The van der Waals surface area contributed by atoms with Crippen LogP contribution in [0.3, 0.4) is 0 Å². The predicted molar refractivity (Wildman–Crippen MR) is 99.7 cm³/mol. The van der Waals surface area contributed by atoms with E-state index in [-0.39, 0.29) is 10.9 Å². The third-order valence-electron chi connectivity index (χ3n) is 3.42. The van der Waals surface area contributed by atoms with E-state index in [0.717, 1.165) is 10.8 Å². The van der Waals surface area contributed by atoms with Gasteiger partial charge in [0.15, 0.2) is 4.99 Å². The number of carbonyl (C=O) groups is 1. The monoisotopic (exact) mass is 321 g/mol.